The Morgan fingerprint density at radius 1 is 0.737 bits per heavy atom. The molecule has 208 valence electrons. The fourth-order valence-electron chi connectivity index (χ4n) is 3.98. The largest absolute Gasteiger partial charge is 0.488 e. The predicted octanol–water partition coefficient (Wildman–Crippen LogP) is 7.34. The van der Waals surface area contributed by atoms with Crippen LogP contribution in [0.2, 0.25) is 0 Å². The second-order valence-electron chi connectivity index (χ2n) is 10.7. The Hall–Kier alpha value is -2.68. The van der Waals surface area contributed by atoms with Crippen LogP contribution in [0.4, 0.5) is 11.4 Å². The predicted molar refractivity (Wildman–Crippen MR) is 161 cm³/mol. The number of hydrogen-bond donors (Lipinski definition) is 0. The zero-order chi connectivity index (χ0) is 28.1. The molecule has 0 bridgehead atoms. The van der Waals surface area contributed by atoms with Crippen molar-refractivity contribution in [2.24, 2.45) is 0 Å². The highest BCUT2D eigenvalue weighted by Crippen LogP contribution is 2.70. The fraction of sp³-hybridized carbons (Fsp3) is 0.400. The molecule has 0 radical (unpaired) electrons. The first-order chi connectivity index (χ1) is 17.8. The van der Waals surface area contributed by atoms with E-state index in [-0.39, 0.29) is 5.75 Å². The summed E-state index contributed by atoms with van der Waals surface area (Å²) < 4.78 is 39.7. The quantitative estimate of drug-likeness (QED) is 0.245. The zero-order valence-corrected chi connectivity index (χ0v) is 25.5. The van der Waals surface area contributed by atoms with E-state index in [1.54, 1.807) is 0 Å². The third kappa shape index (κ3) is 7.24. The van der Waals surface area contributed by atoms with Crippen molar-refractivity contribution in [3.63, 3.8) is 0 Å². The van der Waals surface area contributed by atoms with E-state index in [1.165, 1.54) is 0 Å². The molecule has 0 unspecified atom stereocenters. The van der Waals surface area contributed by atoms with Crippen molar-refractivity contribution in [2.75, 3.05) is 43.7 Å². The van der Waals surface area contributed by atoms with Crippen LogP contribution in [0, 0.1) is 0 Å². The molecule has 3 aromatic rings. The molecule has 0 aliphatic rings. The summed E-state index contributed by atoms with van der Waals surface area (Å²) in [5, 5.41) is 0. The highest BCUT2D eigenvalue weighted by atomic mass is 32.3. The summed E-state index contributed by atoms with van der Waals surface area (Å²) in [6.07, 6.45) is 1.29. The molecule has 0 aromatic heterocycles. The van der Waals surface area contributed by atoms with Gasteiger partial charge in [-0.15, -0.1) is 0 Å². The van der Waals surface area contributed by atoms with Crippen molar-refractivity contribution >= 4 is 31.8 Å². The molecule has 0 fully saturated rings. The molecule has 0 saturated heterocycles. The highest BCUT2D eigenvalue weighted by molar-refractivity contribution is 8.33. The average molecular weight is 559 g/mol. The van der Waals surface area contributed by atoms with Crippen LogP contribution in [0.1, 0.15) is 40.5 Å². The molecule has 3 rings (SSSR count). The summed E-state index contributed by atoms with van der Waals surface area (Å²) >= 11 is 0. The molecule has 0 heterocycles. The second kappa shape index (κ2) is 12.0. The number of ether oxygens (including phenoxy) is 1. The number of unbranched alkanes of at least 4 members (excludes halogenated alkanes) is 1. The molecule has 8 heteroatoms. The lowest BCUT2D eigenvalue weighted by Gasteiger charge is -2.40. The van der Waals surface area contributed by atoms with Gasteiger partial charge in [-0.05, 0) is 104 Å². The van der Waals surface area contributed by atoms with Gasteiger partial charge in [0.15, 0.2) is 0 Å². The Balaban J connectivity index is 2.35. The minimum Gasteiger partial charge on any atom is -0.488 e. The van der Waals surface area contributed by atoms with Gasteiger partial charge in [-0.1, -0.05) is 19.4 Å². The van der Waals surface area contributed by atoms with Crippen molar-refractivity contribution in [1.29, 1.82) is 0 Å². The van der Waals surface area contributed by atoms with Crippen molar-refractivity contribution in [3.8, 4) is 5.75 Å². The Morgan fingerprint density at radius 2 is 1.24 bits per heavy atom. The van der Waals surface area contributed by atoms with E-state index >= 15 is 0 Å². The maximum Gasteiger partial charge on any atom is 0.277 e. The van der Waals surface area contributed by atoms with Crippen LogP contribution in [-0.4, -0.2) is 48.0 Å². The number of benzene rings is 3. The Bertz CT molecular complexity index is 1250. The van der Waals surface area contributed by atoms with Gasteiger partial charge in [-0.25, -0.2) is 3.63 Å². The van der Waals surface area contributed by atoms with Crippen LogP contribution in [0.3, 0.4) is 0 Å². The van der Waals surface area contributed by atoms with Crippen LogP contribution in [0.25, 0.3) is 0 Å². The monoisotopic (exact) mass is 558 g/mol. The van der Waals surface area contributed by atoms with Crippen molar-refractivity contribution in [1.82, 2.24) is 0 Å². The first kappa shape index (κ1) is 29.9. The molecule has 3 aromatic carbocycles. The normalized spacial score (nSPS) is 12.7. The van der Waals surface area contributed by atoms with E-state index in [2.05, 4.69) is 0 Å². The zero-order valence-electron chi connectivity index (χ0n) is 23.9. The molecule has 38 heavy (non-hydrogen) atoms. The molecular formula is C30H42N2O4S2. The number of nitrogens with zero attached hydrogens (tertiary/aromatic N) is 2. The lowest BCUT2D eigenvalue weighted by Crippen LogP contribution is -2.23. The van der Waals surface area contributed by atoms with Crippen LogP contribution >= 0.6 is 10.3 Å². The summed E-state index contributed by atoms with van der Waals surface area (Å²) in [6.45, 7) is 7.95. The van der Waals surface area contributed by atoms with Crippen molar-refractivity contribution in [2.45, 2.75) is 60.8 Å². The van der Waals surface area contributed by atoms with Gasteiger partial charge in [0.25, 0.3) is 10.1 Å². The van der Waals surface area contributed by atoms with E-state index in [4.69, 9.17) is 8.37 Å². The molecular weight excluding hydrogens is 516 g/mol. The van der Waals surface area contributed by atoms with Gasteiger partial charge in [0, 0.05) is 54.3 Å². The summed E-state index contributed by atoms with van der Waals surface area (Å²) in [6, 6.07) is 23.6. The molecule has 6 nitrogen and oxygen atoms in total. The Morgan fingerprint density at radius 3 is 1.66 bits per heavy atom. The van der Waals surface area contributed by atoms with Crippen LogP contribution in [0.5, 0.6) is 5.75 Å². The lowest BCUT2D eigenvalue weighted by molar-refractivity contribution is 0.130. The molecule has 0 amide bonds. The average Bonchev–Trinajstić information content (AvgIpc) is 2.85. The van der Waals surface area contributed by atoms with Gasteiger partial charge in [-0.3, -0.25) is 0 Å². The van der Waals surface area contributed by atoms with Gasteiger partial charge in [0.2, 0.25) is 0 Å². The van der Waals surface area contributed by atoms with Crippen LogP contribution < -0.4 is 14.5 Å². The summed E-state index contributed by atoms with van der Waals surface area (Å²) in [7, 11) is 1.36. The number of hydrogen-bond acceptors (Lipinski definition) is 6. The van der Waals surface area contributed by atoms with Gasteiger partial charge in [0.05, 0.1) is 5.75 Å². The maximum atomic E-state index is 13.5. The van der Waals surface area contributed by atoms with Gasteiger partial charge >= 0.3 is 0 Å². The number of rotatable bonds is 11. The highest BCUT2D eigenvalue weighted by Gasteiger charge is 2.38. The SMILES string of the molecule is CCCCS(=O)(=O)OS(c1ccc(N(C)C)cc1)(c1ccc(N(C)C)cc1)c1cccc(OC(C)(C)C)c1. The van der Waals surface area contributed by atoms with E-state index in [9.17, 15) is 8.42 Å². The van der Waals surface area contributed by atoms with Gasteiger partial charge in [-0.2, -0.15) is 8.42 Å². The molecule has 0 saturated carbocycles. The first-order valence-electron chi connectivity index (χ1n) is 12.9. The molecule has 0 spiro atoms. The molecule has 0 aliphatic heterocycles. The number of anilines is 2. The molecule has 0 N–H and O–H groups in total. The smallest absolute Gasteiger partial charge is 0.277 e. The van der Waals surface area contributed by atoms with E-state index in [1.807, 2.05) is 138 Å². The third-order valence-corrected chi connectivity index (χ3v) is 11.1. The van der Waals surface area contributed by atoms with E-state index in [0.717, 1.165) is 32.5 Å². The van der Waals surface area contributed by atoms with Crippen molar-refractivity contribution in [3.05, 3.63) is 72.8 Å². The summed E-state index contributed by atoms with van der Waals surface area (Å²) in [5.74, 6) is 0.624. The Labute approximate surface area is 231 Å². The van der Waals surface area contributed by atoms with E-state index < -0.39 is 26.0 Å². The third-order valence-electron chi connectivity index (χ3n) is 5.89. The van der Waals surface area contributed by atoms with Gasteiger partial charge < -0.3 is 14.5 Å². The lowest BCUT2D eigenvalue weighted by atomic mass is 10.2. The van der Waals surface area contributed by atoms with Gasteiger partial charge in [0.1, 0.15) is 11.4 Å². The minimum absolute atomic E-state index is 0.0397. The van der Waals surface area contributed by atoms with Crippen LogP contribution in [-0.2, 0) is 13.7 Å². The van der Waals surface area contributed by atoms with Crippen molar-refractivity contribution < 1.29 is 16.8 Å². The molecule has 0 aliphatic carbocycles. The molecule has 0 atom stereocenters. The first-order valence-corrected chi connectivity index (χ1v) is 16.0. The second-order valence-corrected chi connectivity index (χ2v) is 15.3. The topological polar surface area (TPSA) is 59.1 Å². The van der Waals surface area contributed by atoms with E-state index in [0.29, 0.717) is 12.2 Å². The van der Waals surface area contributed by atoms with Crippen LogP contribution in [0.15, 0.2) is 87.5 Å². The fourth-order valence-corrected chi connectivity index (χ4v) is 9.49. The maximum absolute atomic E-state index is 13.5. The summed E-state index contributed by atoms with van der Waals surface area (Å²) in [4.78, 5) is 6.39. The summed E-state index contributed by atoms with van der Waals surface area (Å²) in [5.41, 5.74) is 1.62. The standard InChI is InChI=1S/C30H42N2O4S2/c1-9-10-22-37(33,34)36-38(27-18-14-24(15-19-27)31(5)6,28-20-16-25(17-21-28)32(7)8)29-13-11-12-26(23-29)35-30(2,3)4/h11-21,23H,9-10,22H2,1-8H3. The minimum atomic E-state index is -3.87. The Kier molecular flexibility index (Phi) is 9.44.